The van der Waals surface area contributed by atoms with Gasteiger partial charge < -0.3 is 10.2 Å². The lowest BCUT2D eigenvalue weighted by atomic mass is 10.1. The van der Waals surface area contributed by atoms with Crippen LogP contribution in [-0.2, 0) is 6.54 Å². The van der Waals surface area contributed by atoms with Crippen LogP contribution in [0, 0.1) is 6.92 Å². The van der Waals surface area contributed by atoms with Gasteiger partial charge in [0.25, 0.3) is 5.91 Å². The van der Waals surface area contributed by atoms with E-state index in [9.17, 15) is 4.79 Å². The fourth-order valence-electron chi connectivity index (χ4n) is 3.36. The molecule has 1 amide bonds. The van der Waals surface area contributed by atoms with Crippen LogP contribution < -0.4 is 10.2 Å². The summed E-state index contributed by atoms with van der Waals surface area (Å²) in [6, 6.07) is 17.6. The van der Waals surface area contributed by atoms with E-state index in [1.807, 2.05) is 42.5 Å². The monoisotopic (exact) mass is 372 g/mol. The molecule has 0 aliphatic carbocycles. The van der Waals surface area contributed by atoms with Crippen LogP contribution >= 0.6 is 0 Å². The number of nitrogens with zero attached hydrogens (tertiary/aromatic N) is 3. The van der Waals surface area contributed by atoms with Gasteiger partial charge in [-0.3, -0.25) is 4.79 Å². The van der Waals surface area contributed by atoms with Crippen LogP contribution in [0.25, 0.3) is 11.3 Å². The second-order valence-electron chi connectivity index (χ2n) is 7.18. The highest BCUT2D eigenvalue weighted by Gasteiger charge is 2.15. The van der Waals surface area contributed by atoms with Crippen molar-refractivity contribution >= 4 is 11.9 Å². The molecule has 0 unspecified atom stereocenters. The lowest BCUT2D eigenvalue weighted by Gasteiger charge is -2.15. The van der Waals surface area contributed by atoms with Gasteiger partial charge in [-0.2, -0.15) is 0 Å². The van der Waals surface area contributed by atoms with Crippen molar-refractivity contribution in [2.24, 2.45) is 0 Å². The summed E-state index contributed by atoms with van der Waals surface area (Å²) in [5.41, 5.74) is 4.81. The van der Waals surface area contributed by atoms with Crippen molar-refractivity contribution in [1.82, 2.24) is 15.3 Å². The van der Waals surface area contributed by atoms with E-state index in [-0.39, 0.29) is 5.91 Å². The highest BCUT2D eigenvalue weighted by molar-refractivity contribution is 5.94. The summed E-state index contributed by atoms with van der Waals surface area (Å²) in [7, 11) is 0. The average Bonchev–Trinajstić information content (AvgIpc) is 3.28. The van der Waals surface area contributed by atoms with Gasteiger partial charge in [-0.1, -0.05) is 42.0 Å². The first-order valence-electron chi connectivity index (χ1n) is 9.71. The third-order valence-electron chi connectivity index (χ3n) is 5.05. The molecule has 3 aromatic rings. The fraction of sp³-hybridized carbons (Fsp3) is 0.261. The third-order valence-corrected chi connectivity index (χ3v) is 5.05. The van der Waals surface area contributed by atoms with Crippen molar-refractivity contribution in [3.63, 3.8) is 0 Å². The Morgan fingerprint density at radius 2 is 1.71 bits per heavy atom. The van der Waals surface area contributed by atoms with Gasteiger partial charge in [-0.05, 0) is 43.5 Å². The summed E-state index contributed by atoms with van der Waals surface area (Å²) < 4.78 is 0. The minimum atomic E-state index is -0.0763. The molecule has 1 N–H and O–H groups in total. The maximum Gasteiger partial charge on any atom is 0.251 e. The molecule has 28 heavy (non-hydrogen) atoms. The molecule has 142 valence electrons. The maximum atomic E-state index is 12.4. The van der Waals surface area contributed by atoms with Gasteiger partial charge in [0, 0.05) is 37.0 Å². The SMILES string of the molecule is Cc1ccc(CNC(=O)c2ccc(-c3ccnc(N4CCCC4)n3)cc2)cc1. The van der Waals surface area contributed by atoms with Crippen LogP contribution in [0.15, 0.2) is 60.8 Å². The van der Waals surface area contributed by atoms with Gasteiger partial charge in [0.15, 0.2) is 0 Å². The quantitative estimate of drug-likeness (QED) is 0.736. The molecule has 0 saturated carbocycles. The van der Waals surface area contributed by atoms with E-state index in [0.717, 1.165) is 35.9 Å². The number of anilines is 1. The molecule has 1 aliphatic rings. The Morgan fingerprint density at radius 1 is 1.00 bits per heavy atom. The van der Waals surface area contributed by atoms with Gasteiger partial charge in [0.2, 0.25) is 5.95 Å². The lowest BCUT2D eigenvalue weighted by molar-refractivity contribution is 0.0951. The standard InChI is InChI=1S/C23H24N4O/c1-17-4-6-18(7-5-17)16-25-22(28)20-10-8-19(9-11-20)21-12-13-24-23(26-21)27-14-2-3-15-27/h4-13H,2-3,14-16H2,1H3,(H,25,28). The maximum absolute atomic E-state index is 12.4. The van der Waals surface area contributed by atoms with E-state index < -0.39 is 0 Å². The van der Waals surface area contributed by atoms with Crippen molar-refractivity contribution in [3.8, 4) is 11.3 Å². The number of rotatable bonds is 5. The number of carbonyl (C=O) groups excluding carboxylic acids is 1. The van der Waals surface area contributed by atoms with Crippen LogP contribution in [0.5, 0.6) is 0 Å². The second-order valence-corrected chi connectivity index (χ2v) is 7.18. The lowest BCUT2D eigenvalue weighted by Crippen LogP contribution is -2.22. The first kappa shape index (κ1) is 18.2. The molecule has 1 saturated heterocycles. The Bertz CT molecular complexity index is 945. The molecular formula is C23H24N4O. The third kappa shape index (κ3) is 4.19. The van der Waals surface area contributed by atoms with Crippen LogP contribution in [0.1, 0.15) is 34.3 Å². The van der Waals surface area contributed by atoms with Crippen LogP contribution in [0.4, 0.5) is 5.95 Å². The molecular weight excluding hydrogens is 348 g/mol. The van der Waals surface area contributed by atoms with E-state index >= 15 is 0 Å². The smallest absolute Gasteiger partial charge is 0.251 e. The summed E-state index contributed by atoms with van der Waals surface area (Å²) in [5, 5.41) is 2.97. The Hall–Kier alpha value is -3.21. The molecule has 0 radical (unpaired) electrons. The first-order chi connectivity index (χ1) is 13.7. The molecule has 0 spiro atoms. The normalized spacial score (nSPS) is 13.5. The molecule has 4 rings (SSSR count). The average molecular weight is 372 g/mol. The Morgan fingerprint density at radius 3 is 2.43 bits per heavy atom. The first-order valence-corrected chi connectivity index (χ1v) is 9.71. The van der Waals surface area contributed by atoms with Crippen molar-refractivity contribution in [2.75, 3.05) is 18.0 Å². The predicted molar refractivity (Wildman–Crippen MR) is 111 cm³/mol. The van der Waals surface area contributed by atoms with Crippen molar-refractivity contribution < 1.29 is 4.79 Å². The number of aryl methyl sites for hydroxylation is 1. The Balaban J connectivity index is 1.42. The van der Waals surface area contributed by atoms with E-state index in [4.69, 9.17) is 4.98 Å². The zero-order valence-corrected chi connectivity index (χ0v) is 16.1. The molecule has 5 heteroatoms. The van der Waals surface area contributed by atoms with E-state index in [0.29, 0.717) is 12.1 Å². The highest BCUT2D eigenvalue weighted by atomic mass is 16.1. The van der Waals surface area contributed by atoms with Gasteiger partial charge in [-0.25, -0.2) is 9.97 Å². The summed E-state index contributed by atoms with van der Waals surface area (Å²) in [5.74, 6) is 0.711. The number of amides is 1. The highest BCUT2D eigenvalue weighted by Crippen LogP contribution is 2.21. The van der Waals surface area contributed by atoms with Gasteiger partial charge in [-0.15, -0.1) is 0 Å². The minimum Gasteiger partial charge on any atom is -0.348 e. The van der Waals surface area contributed by atoms with E-state index in [2.05, 4.69) is 34.3 Å². The zero-order valence-electron chi connectivity index (χ0n) is 16.1. The van der Waals surface area contributed by atoms with Crippen molar-refractivity contribution in [1.29, 1.82) is 0 Å². The molecule has 1 aromatic heterocycles. The zero-order chi connectivity index (χ0) is 19.3. The van der Waals surface area contributed by atoms with Crippen LogP contribution in [0.2, 0.25) is 0 Å². The van der Waals surface area contributed by atoms with Gasteiger partial charge in [0.1, 0.15) is 0 Å². The molecule has 2 heterocycles. The molecule has 5 nitrogen and oxygen atoms in total. The Labute approximate surface area is 165 Å². The number of hydrogen-bond donors (Lipinski definition) is 1. The van der Waals surface area contributed by atoms with Gasteiger partial charge in [0.05, 0.1) is 5.69 Å². The fourth-order valence-corrected chi connectivity index (χ4v) is 3.36. The summed E-state index contributed by atoms with van der Waals surface area (Å²) in [6.07, 6.45) is 4.19. The van der Waals surface area contributed by atoms with E-state index in [1.54, 1.807) is 6.20 Å². The number of benzene rings is 2. The summed E-state index contributed by atoms with van der Waals surface area (Å²) >= 11 is 0. The molecule has 1 fully saturated rings. The van der Waals surface area contributed by atoms with Crippen molar-refractivity contribution in [2.45, 2.75) is 26.3 Å². The summed E-state index contributed by atoms with van der Waals surface area (Å²) in [6.45, 7) is 4.61. The second kappa shape index (κ2) is 8.21. The number of nitrogens with one attached hydrogen (secondary N) is 1. The topological polar surface area (TPSA) is 58.1 Å². The van der Waals surface area contributed by atoms with Crippen LogP contribution in [0.3, 0.4) is 0 Å². The molecule has 2 aromatic carbocycles. The van der Waals surface area contributed by atoms with Gasteiger partial charge >= 0.3 is 0 Å². The van der Waals surface area contributed by atoms with Crippen LogP contribution in [-0.4, -0.2) is 29.0 Å². The largest absolute Gasteiger partial charge is 0.348 e. The predicted octanol–water partition coefficient (Wildman–Crippen LogP) is 3.98. The number of carbonyl (C=O) groups is 1. The number of hydrogen-bond acceptors (Lipinski definition) is 4. The molecule has 0 bridgehead atoms. The summed E-state index contributed by atoms with van der Waals surface area (Å²) in [4.78, 5) is 23.7. The minimum absolute atomic E-state index is 0.0763. The van der Waals surface area contributed by atoms with E-state index in [1.165, 1.54) is 18.4 Å². The van der Waals surface area contributed by atoms with Crippen molar-refractivity contribution in [3.05, 3.63) is 77.5 Å². The number of aromatic nitrogens is 2. The Kier molecular flexibility index (Phi) is 5.33. The molecule has 1 aliphatic heterocycles. The molecule has 0 atom stereocenters.